The summed E-state index contributed by atoms with van der Waals surface area (Å²) in [5.41, 5.74) is 9.56. The number of nitrogens with two attached hydrogens (primary N) is 1. The molecule has 1 atom stereocenters. The van der Waals surface area contributed by atoms with Crippen LogP contribution in [0.1, 0.15) is 31.9 Å². The van der Waals surface area contributed by atoms with Crippen LogP contribution in [0.5, 0.6) is 0 Å². The Morgan fingerprint density at radius 1 is 1.31 bits per heavy atom. The molecule has 0 aliphatic rings. The molecule has 6 nitrogen and oxygen atoms in total. The van der Waals surface area contributed by atoms with Gasteiger partial charge < -0.3 is 14.5 Å². The third-order valence-corrected chi connectivity index (χ3v) is 4.46. The molecule has 1 rings (SSSR count). The molecule has 1 aromatic carbocycles. The lowest BCUT2D eigenvalue weighted by Crippen LogP contribution is -2.35. The third kappa shape index (κ3) is 9.31. The molecule has 0 spiro atoms. The maximum atomic E-state index is 13.5. The first-order valence-electron chi connectivity index (χ1n) is 10.3. The average Bonchev–Trinajstić information content (AvgIpc) is 2.74. The quantitative estimate of drug-likeness (QED) is 0.163. The molecule has 2 N–H and O–H groups in total. The first-order chi connectivity index (χ1) is 15.0. The largest absolute Gasteiger partial charge is 0.489 e. The Morgan fingerprint density at radius 3 is 2.41 bits per heavy atom. The molecule has 174 valence electrons. The maximum absolute atomic E-state index is 13.5. The first-order valence-corrected chi connectivity index (χ1v) is 10.3. The highest BCUT2D eigenvalue weighted by Gasteiger charge is 2.19. The van der Waals surface area contributed by atoms with Gasteiger partial charge in [-0.1, -0.05) is 43.5 Å². The van der Waals surface area contributed by atoms with E-state index in [9.17, 15) is 9.18 Å². The number of amides is 1. The summed E-state index contributed by atoms with van der Waals surface area (Å²) in [6, 6.07) is 7.95. The van der Waals surface area contributed by atoms with Gasteiger partial charge in [-0.2, -0.15) is 0 Å². The van der Waals surface area contributed by atoms with Crippen molar-refractivity contribution in [2.45, 2.75) is 33.1 Å². The van der Waals surface area contributed by atoms with Crippen molar-refractivity contribution in [3.8, 4) is 0 Å². The second kappa shape index (κ2) is 12.6. The summed E-state index contributed by atoms with van der Waals surface area (Å²) < 4.78 is 18.9. The van der Waals surface area contributed by atoms with E-state index in [0.717, 1.165) is 23.1 Å². The van der Waals surface area contributed by atoms with Crippen LogP contribution in [0.3, 0.4) is 0 Å². The van der Waals surface area contributed by atoms with E-state index in [4.69, 9.17) is 10.5 Å². The van der Waals surface area contributed by atoms with Gasteiger partial charge in [0.1, 0.15) is 12.4 Å². The minimum Gasteiger partial charge on any atom is -0.489 e. The van der Waals surface area contributed by atoms with Crippen molar-refractivity contribution in [1.29, 1.82) is 0 Å². The lowest BCUT2D eigenvalue weighted by molar-refractivity contribution is -0.118. The normalized spacial score (nSPS) is 14.4. The monoisotopic (exact) mass is 442 g/mol. The molecule has 7 heteroatoms. The van der Waals surface area contributed by atoms with E-state index in [1.807, 2.05) is 49.5 Å². The van der Waals surface area contributed by atoms with Crippen LogP contribution < -0.4 is 5.73 Å². The zero-order valence-electron chi connectivity index (χ0n) is 19.8. The molecule has 1 unspecified atom stereocenters. The molecular formula is C25H35FN4O2. The molecular weight excluding hydrogens is 407 g/mol. The van der Waals surface area contributed by atoms with Gasteiger partial charge in [0.05, 0.1) is 12.2 Å². The van der Waals surface area contributed by atoms with E-state index < -0.39 is 5.79 Å². The average molecular weight is 443 g/mol. The van der Waals surface area contributed by atoms with Crippen LogP contribution >= 0.6 is 0 Å². The summed E-state index contributed by atoms with van der Waals surface area (Å²) in [5, 5.41) is 0. The Bertz CT molecular complexity index is 878. The van der Waals surface area contributed by atoms with E-state index in [2.05, 4.69) is 18.2 Å². The standard InChI is InChI=1S/C25H35FN4O2/c1-8-22(15-29(6)7)23-12-10-21(11-13-23)14-30(18-31)16-24(28-9-2)19(3)20(4)32-17-25(5,26)27/h8-13,15,18H,1,4,14,16-17,27H2,2-3,5-7H3/b22-15+,24-19-,28-9-. The van der Waals surface area contributed by atoms with Crippen molar-refractivity contribution in [3.05, 3.63) is 77.9 Å². The minimum absolute atomic E-state index is 0.248. The van der Waals surface area contributed by atoms with Crippen molar-refractivity contribution in [1.82, 2.24) is 9.80 Å². The van der Waals surface area contributed by atoms with Gasteiger partial charge in [0.2, 0.25) is 6.41 Å². The maximum Gasteiger partial charge on any atom is 0.210 e. The van der Waals surface area contributed by atoms with Gasteiger partial charge in [0, 0.05) is 38.6 Å². The fraction of sp³-hybridized carbons (Fsp3) is 0.360. The van der Waals surface area contributed by atoms with Crippen molar-refractivity contribution < 1.29 is 13.9 Å². The molecule has 0 saturated heterocycles. The van der Waals surface area contributed by atoms with E-state index in [0.29, 0.717) is 17.8 Å². The molecule has 0 aromatic heterocycles. The molecule has 1 amide bonds. The van der Waals surface area contributed by atoms with E-state index in [1.165, 1.54) is 6.92 Å². The van der Waals surface area contributed by atoms with E-state index in [-0.39, 0.29) is 18.9 Å². The Morgan fingerprint density at radius 2 is 1.94 bits per heavy atom. The number of rotatable bonds is 13. The van der Waals surface area contributed by atoms with Gasteiger partial charge in [0.25, 0.3) is 0 Å². The second-order valence-corrected chi connectivity index (χ2v) is 7.91. The van der Waals surface area contributed by atoms with Crippen LogP contribution in [0.25, 0.3) is 5.57 Å². The SMILES string of the molecule is C=C/C(=C\N(C)C)c1ccc(CN(C=O)CC(/N=C\C)=C(\C)C(=C)OCC(C)(N)F)cc1. The fourth-order valence-corrected chi connectivity index (χ4v) is 2.79. The lowest BCUT2D eigenvalue weighted by Gasteiger charge is -2.21. The number of benzene rings is 1. The van der Waals surface area contributed by atoms with Crippen LogP contribution in [-0.2, 0) is 16.1 Å². The van der Waals surface area contributed by atoms with Crippen LogP contribution in [0.4, 0.5) is 4.39 Å². The smallest absolute Gasteiger partial charge is 0.210 e. The highest BCUT2D eigenvalue weighted by Crippen LogP contribution is 2.20. The number of allylic oxidation sites excluding steroid dienone is 3. The summed E-state index contributed by atoms with van der Waals surface area (Å²) >= 11 is 0. The lowest BCUT2D eigenvalue weighted by atomic mass is 10.0. The summed E-state index contributed by atoms with van der Waals surface area (Å²) in [7, 11) is 3.91. The number of carbonyl (C=O) groups is 1. The topological polar surface area (TPSA) is 71.2 Å². The molecule has 0 heterocycles. The highest BCUT2D eigenvalue weighted by atomic mass is 19.1. The Balaban J connectivity index is 2.99. The minimum atomic E-state index is -1.97. The molecule has 1 aromatic rings. The molecule has 32 heavy (non-hydrogen) atoms. The predicted octanol–water partition coefficient (Wildman–Crippen LogP) is 4.27. The van der Waals surface area contributed by atoms with Gasteiger partial charge in [-0.3, -0.25) is 15.5 Å². The number of alkyl halides is 1. The highest BCUT2D eigenvalue weighted by molar-refractivity contribution is 5.73. The molecule has 0 fully saturated rings. The number of halogens is 1. The zero-order chi connectivity index (χ0) is 24.3. The zero-order valence-corrected chi connectivity index (χ0v) is 19.8. The summed E-state index contributed by atoms with van der Waals surface area (Å²) in [5.74, 6) is -1.70. The van der Waals surface area contributed by atoms with Crippen LogP contribution in [0.15, 0.2) is 71.7 Å². The number of nitrogens with zero attached hydrogens (tertiary/aromatic N) is 3. The molecule has 0 saturated carbocycles. The Hall–Kier alpha value is -3.19. The second-order valence-electron chi connectivity index (χ2n) is 7.91. The van der Waals surface area contributed by atoms with E-state index in [1.54, 1.807) is 31.0 Å². The number of aliphatic imine (C=N–C) groups is 1. The number of hydrogen-bond donors (Lipinski definition) is 1. The predicted molar refractivity (Wildman–Crippen MR) is 130 cm³/mol. The molecule has 0 aliphatic carbocycles. The molecule has 0 bridgehead atoms. The summed E-state index contributed by atoms with van der Waals surface area (Å²) in [6.45, 7) is 12.8. The van der Waals surface area contributed by atoms with Gasteiger partial charge in [-0.25, -0.2) is 4.39 Å². The van der Waals surface area contributed by atoms with E-state index >= 15 is 0 Å². The van der Waals surface area contributed by atoms with Crippen molar-refractivity contribution in [2.75, 3.05) is 27.2 Å². The summed E-state index contributed by atoms with van der Waals surface area (Å²) in [4.78, 5) is 19.7. The van der Waals surface area contributed by atoms with Crippen molar-refractivity contribution in [2.24, 2.45) is 10.7 Å². The van der Waals surface area contributed by atoms with Crippen LogP contribution in [0.2, 0.25) is 0 Å². The van der Waals surface area contributed by atoms with Crippen molar-refractivity contribution in [3.63, 3.8) is 0 Å². The number of hydrogen-bond acceptors (Lipinski definition) is 5. The van der Waals surface area contributed by atoms with Crippen LogP contribution in [0, 0.1) is 0 Å². The Kier molecular flexibility index (Phi) is 10.6. The van der Waals surface area contributed by atoms with Crippen molar-refractivity contribution >= 4 is 18.2 Å². The number of ether oxygens (including phenoxy) is 1. The first kappa shape index (κ1) is 26.8. The Labute approximate surface area is 191 Å². The van der Waals surface area contributed by atoms with Gasteiger partial charge in [0.15, 0.2) is 5.79 Å². The van der Waals surface area contributed by atoms with Gasteiger partial charge in [-0.05, 0) is 37.5 Å². The van der Waals surface area contributed by atoms with Crippen LogP contribution in [-0.4, -0.2) is 55.5 Å². The number of carbonyl (C=O) groups excluding carboxylic acids is 1. The molecule has 0 aliphatic heterocycles. The fourth-order valence-electron chi connectivity index (χ4n) is 2.79. The summed E-state index contributed by atoms with van der Waals surface area (Å²) in [6.07, 6.45) is 6.20. The van der Waals surface area contributed by atoms with Gasteiger partial charge in [-0.15, -0.1) is 0 Å². The van der Waals surface area contributed by atoms with Gasteiger partial charge >= 0.3 is 0 Å². The third-order valence-electron chi connectivity index (χ3n) is 4.46. The molecule has 0 radical (unpaired) electrons.